The first-order valence-corrected chi connectivity index (χ1v) is 21.8. The van der Waals surface area contributed by atoms with Crippen LogP contribution in [0.3, 0.4) is 0 Å². The molecule has 5 aliphatic heterocycles. The number of aliphatic hydroxyl groups is 4. The van der Waals surface area contributed by atoms with Gasteiger partial charge in [0.1, 0.15) is 26.4 Å². The standard InChI is InChI=1S/C40H64N8O8/c49-13-29(53)17-1-5-21-25(9-17)37-41-33(21)45-38-26-10-18(30(54)14-50)2-6-22(26)35(42-38)47-40-28-12-20(32(56)16-52)4-8-24(28)36(44-40)48-39-27-11-19(31(55)15-51)3-7-23(27)34(43-39)46-37/h17-28,33-52H,1-16H2. The monoisotopic (exact) mass is 784 g/mol. The molecular formula is C40H64N8O8. The SMILES string of the molecule is O=C(CO)C1CCC2C3NC(NC4NC(NC5NC(NC6NC(N3)C3CC(C(=O)CO)CCC63)C3CC(C(=O)CO)CCC53)C3CC(C(=O)CO)CCC43)C2C1. The van der Waals surface area contributed by atoms with Crippen molar-refractivity contribution in [3.63, 3.8) is 0 Å². The summed E-state index contributed by atoms with van der Waals surface area (Å²) in [4.78, 5) is 51.5. The lowest BCUT2D eigenvalue weighted by molar-refractivity contribution is -0.128. The largest absolute Gasteiger partial charge is 0.389 e. The van der Waals surface area contributed by atoms with Crippen LogP contribution < -0.4 is 42.5 Å². The summed E-state index contributed by atoms with van der Waals surface area (Å²) in [5, 5.41) is 71.1. The van der Waals surface area contributed by atoms with Gasteiger partial charge in [-0.2, -0.15) is 0 Å². The van der Waals surface area contributed by atoms with E-state index in [0.717, 1.165) is 51.4 Å². The fourth-order valence-corrected chi connectivity index (χ4v) is 13.7. The molecule has 12 N–H and O–H groups in total. The Bertz CT molecular complexity index is 1290. The molecule has 12 atom stereocenters. The molecule has 5 heterocycles. The lowest BCUT2D eigenvalue weighted by Gasteiger charge is -2.38. The molecule has 0 amide bonds. The van der Waals surface area contributed by atoms with Gasteiger partial charge in [-0.3, -0.25) is 61.7 Å². The van der Waals surface area contributed by atoms with Crippen molar-refractivity contribution in [1.29, 1.82) is 0 Å². The van der Waals surface area contributed by atoms with E-state index in [-0.39, 0.29) is 143 Å². The van der Waals surface area contributed by atoms with Crippen molar-refractivity contribution in [3.05, 3.63) is 0 Å². The highest BCUT2D eigenvalue weighted by Crippen LogP contribution is 2.48. The number of hydrogen-bond acceptors (Lipinski definition) is 16. The summed E-state index contributed by atoms with van der Waals surface area (Å²) in [6.07, 6.45) is 8.19. The van der Waals surface area contributed by atoms with Crippen molar-refractivity contribution < 1.29 is 39.6 Å². The Kier molecular flexibility index (Phi) is 11.6. The van der Waals surface area contributed by atoms with E-state index < -0.39 is 26.4 Å². The van der Waals surface area contributed by atoms with Crippen molar-refractivity contribution in [2.45, 2.75) is 126 Å². The molecule has 0 aromatic carbocycles. The Labute approximate surface area is 328 Å². The maximum atomic E-state index is 12.9. The van der Waals surface area contributed by atoms with Crippen molar-refractivity contribution in [1.82, 2.24) is 42.5 Å². The zero-order valence-corrected chi connectivity index (χ0v) is 32.3. The third-order valence-corrected chi connectivity index (χ3v) is 16.6. The minimum Gasteiger partial charge on any atom is -0.389 e. The van der Waals surface area contributed by atoms with E-state index in [9.17, 15) is 39.6 Å². The van der Waals surface area contributed by atoms with Gasteiger partial charge in [0, 0.05) is 23.7 Å². The normalized spacial score (nSPS) is 49.6. The van der Waals surface area contributed by atoms with E-state index in [4.69, 9.17) is 0 Å². The lowest BCUT2D eigenvalue weighted by Crippen LogP contribution is -2.61. The van der Waals surface area contributed by atoms with Crippen LogP contribution in [0.4, 0.5) is 0 Å². The quantitative estimate of drug-likeness (QED) is 0.124. The highest BCUT2D eigenvalue weighted by Gasteiger charge is 2.57. The van der Waals surface area contributed by atoms with Gasteiger partial charge in [-0.05, 0) is 124 Å². The third kappa shape index (κ3) is 7.16. The molecule has 16 heteroatoms. The second-order valence-electron chi connectivity index (χ2n) is 19.0. The van der Waals surface area contributed by atoms with Gasteiger partial charge in [0.05, 0.1) is 49.3 Å². The molecule has 4 aliphatic carbocycles. The smallest absolute Gasteiger partial charge is 0.161 e. The van der Waals surface area contributed by atoms with Crippen LogP contribution in [0.15, 0.2) is 0 Å². The van der Waals surface area contributed by atoms with E-state index in [1.54, 1.807) is 0 Å². The topological polar surface area (TPSA) is 245 Å². The molecule has 0 aromatic rings. The number of ketones is 4. The Morgan fingerprint density at radius 1 is 0.304 bits per heavy atom. The maximum absolute atomic E-state index is 12.9. The number of nitrogens with one attached hydrogen (secondary N) is 8. The van der Waals surface area contributed by atoms with Crippen LogP contribution >= 0.6 is 0 Å². The number of hydrogen-bond donors (Lipinski definition) is 12. The van der Waals surface area contributed by atoms with Crippen LogP contribution in [0.1, 0.15) is 77.0 Å². The highest BCUT2D eigenvalue weighted by atomic mass is 16.3. The average molecular weight is 785 g/mol. The predicted molar refractivity (Wildman–Crippen MR) is 201 cm³/mol. The Morgan fingerprint density at radius 3 is 0.661 bits per heavy atom. The van der Waals surface area contributed by atoms with Gasteiger partial charge in [0.15, 0.2) is 23.1 Å². The van der Waals surface area contributed by atoms with Gasteiger partial charge < -0.3 is 20.4 Å². The Balaban J connectivity index is 1.06. The molecule has 5 saturated heterocycles. The zero-order valence-electron chi connectivity index (χ0n) is 32.3. The number of Topliss-reactive ketones (excluding diaryl/α,β-unsaturated/α-hetero) is 4. The number of aliphatic hydroxyl groups excluding tert-OH is 4. The molecule has 12 unspecified atom stereocenters. The highest BCUT2D eigenvalue weighted by molar-refractivity contribution is 5.83. The van der Waals surface area contributed by atoms with E-state index in [1.807, 2.05) is 0 Å². The van der Waals surface area contributed by atoms with Gasteiger partial charge >= 0.3 is 0 Å². The summed E-state index contributed by atoms with van der Waals surface area (Å²) in [6.45, 7) is -1.79. The second kappa shape index (κ2) is 16.3. The molecule has 9 fully saturated rings. The summed E-state index contributed by atoms with van der Waals surface area (Å²) in [7, 11) is 0. The molecule has 0 aromatic heterocycles. The number of carbonyl (C=O) groups is 4. The van der Waals surface area contributed by atoms with Crippen LogP contribution in [-0.4, -0.2) is 119 Å². The minimum absolute atomic E-state index is 0.0765. The first-order chi connectivity index (χ1) is 27.2. The van der Waals surface area contributed by atoms with Crippen molar-refractivity contribution in [3.8, 4) is 0 Å². The number of fused-ring (bicyclic) bond motifs is 20. The third-order valence-electron chi connectivity index (χ3n) is 16.6. The van der Waals surface area contributed by atoms with Gasteiger partial charge in [-0.15, -0.1) is 0 Å². The van der Waals surface area contributed by atoms with Crippen molar-refractivity contribution in [2.24, 2.45) is 71.0 Å². The Morgan fingerprint density at radius 2 is 0.482 bits per heavy atom. The van der Waals surface area contributed by atoms with Crippen LogP contribution in [0.25, 0.3) is 0 Å². The van der Waals surface area contributed by atoms with E-state index in [0.29, 0.717) is 25.7 Å². The van der Waals surface area contributed by atoms with Gasteiger partial charge in [0.25, 0.3) is 0 Å². The van der Waals surface area contributed by atoms with Crippen LogP contribution in [-0.2, 0) is 19.2 Å². The van der Waals surface area contributed by atoms with E-state index >= 15 is 0 Å². The molecule has 0 radical (unpaired) electrons. The maximum Gasteiger partial charge on any atom is 0.161 e. The molecule has 56 heavy (non-hydrogen) atoms. The zero-order chi connectivity index (χ0) is 38.8. The molecule has 8 bridgehead atoms. The summed E-state index contributed by atoms with van der Waals surface area (Å²) >= 11 is 0. The number of carbonyl (C=O) groups excluding carboxylic acids is 4. The van der Waals surface area contributed by atoms with Crippen LogP contribution in [0.5, 0.6) is 0 Å². The second-order valence-corrected chi connectivity index (χ2v) is 19.0. The minimum atomic E-state index is -0.447. The molecule has 0 spiro atoms. The van der Waals surface area contributed by atoms with Crippen molar-refractivity contribution >= 4 is 23.1 Å². The van der Waals surface area contributed by atoms with Crippen LogP contribution in [0.2, 0.25) is 0 Å². The molecule has 16 nitrogen and oxygen atoms in total. The molecule has 4 saturated carbocycles. The van der Waals surface area contributed by atoms with E-state index in [1.165, 1.54) is 0 Å². The fourth-order valence-electron chi connectivity index (χ4n) is 13.7. The first-order valence-electron chi connectivity index (χ1n) is 21.8. The summed E-state index contributed by atoms with van der Waals surface area (Å²) in [5.41, 5.74) is 0. The summed E-state index contributed by atoms with van der Waals surface area (Å²) in [6, 6.07) is 0. The van der Waals surface area contributed by atoms with Gasteiger partial charge in [-0.25, -0.2) is 0 Å². The van der Waals surface area contributed by atoms with Crippen molar-refractivity contribution in [2.75, 3.05) is 26.4 Å². The first kappa shape index (κ1) is 39.6. The summed E-state index contributed by atoms with van der Waals surface area (Å²) < 4.78 is 0. The van der Waals surface area contributed by atoms with Gasteiger partial charge in [0.2, 0.25) is 0 Å². The van der Waals surface area contributed by atoms with Crippen LogP contribution in [0, 0.1) is 71.0 Å². The predicted octanol–water partition coefficient (Wildman–Crippen LogP) is -2.24. The Hall–Kier alpha value is -1.80. The molecule has 312 valence electrons. The summed E-state index contributed by atoms with van der Waals surface area (Å²) in [5.74, 6) is 0.267. The van der Waals surface area contributed by atoms with Gasteiger partial charge in [-0.1, -0.05) is 0 Å². The average Bonchev–Trinajstić information content (AvgIpc) is 3.96. The molecular weight excluding hydrogens is 720 g/mol. The van der Waals surface area contributed by atoms with E-state index in [2.05, 4.69) is 42.5 Å². The molecule has 9 rings (SSSR count). The fraction of sp³-hybridized carbons (Fsp3) is 0.900. The molecule has 9 aliphatic rings. The number of rotatable bonds is 8. The lowest BCUT2D eigenvalue weighted by atomic mass is 9.70.